The van der Waals surface area contributed by atoms with Crippen molar-refractivity contribution in [2.24, 2.45) is 11.1 Å². The Morgan fingerprint density at radius 1 is 1.27 bits per heavy atom. The summed E-state index contributed by atoms with van der Waals surface area (Å²) in [5.74, 6) is 0.767. The van der Waals surface area contributed by atoms with E-state index in [2.05, 4.69) is 60.0 Å². The summed E-state index contributed by atoms with van der Waals surface area (Å²) in [4.78, 5) is 2.47. The maximum absolute atomic E-state index is 5.55. The predicted octanol–water partition coefficient (Wildman–Crippen LogP) is 3.84. The number of allylic oxidation sites excluding steroid dienone is 3. The van der Waals surface area contributed by atoms with Crippen molar-refractivity contribution in [2.45, 2.75) is 25.2 Å². The van der Waals surface area contributed by atoms with E-state index in [-0.39, 0.29) is 0 Å². The molecule has 1 saturated carbocycles. The Morgan fingerprint density at radius 3 is 2.64 bits per heavy atom. The van der Waals surface area contributed by atoms with Crippen LogP contribution in [0.15, 0.2) is 66.9 Å². The van der Waals surface area contributed by atoms with Crippen molar-refractivity contribution in [2.75, 3.05) is 19.6 Å². The molecule has 1 spiro atoms. The Bertz CT molecular complexity index is 557. The van der Waals surface area contributed by atoms with Crippen molar-refractivity contribution in [3.05, 3.63) is 72.5 Å². The third-order valence-corrected chi connectivity index (χ3v) is 4.96. The van der Waals surface area contributed by atoms with Crippen LogP contribution in [0.25, 0.3) is 0 Å². The molecule has 0 bridgehead atoms. The summed E-state index contributed by atoms with van der Waals surface area (Å²) < 4.78 is 0. The minimum atomic E-state index is 0.558. The molecule has 0 atom stereocenters. The van der Waals surface area contributed by atoms with Crippen LogP contribution in [0.2, 0.25) is 0 Å². The van der Waals surface area contributed by atoms with Gasteiger partial charge in [0, 0.05) is 24.2 Å². The van der Waals surface area contributed by atoms with Crippen LogP contribution in [0.4, 0.5) is 0 Å². The van der Waals surface area contributed by atoms with Gasteiger partial charge in [-0.05, 0) is 49.4 Å². The molecular weight excluding hydrogens is 268 g/mol. The predicted molar refractivity (Wildman–Crippen MR) is 93.5 cm³/mol. The average molecular weight is 294 g/mol. The fourth-order valence-corrected chi connectivity index (χ4v) is 3.84. The first kappa shape index (κ1) is 15.1. The van der Waals surface area contributed by atoms with Crippen LogP contribution in [-0.4, -0.2) is 24.5 Å². The van der Waals surface area contributed by atoms with Gasteiger partial charge >= 0.3 is 0 Å². The second-order valence-electron chi connectivity index (χ2n) is 6.68. The van der Waals surface area contributed by atoms with E-state index >= 15 is 0 Å². The maximum atomic E-state index is 5.55. The van der Waals surface area contributed by atoms with Gasteiger partial charge in [-0.3, -0.25) is 0 Å². The third-order valence-electron chi connectivity index (χ3n) is 4.96. The topological polar surface area (TPSA) is 29.3 Å². The van der Waals surface area contributed by atoms with Gasteiger partial charge in [-0.25, -0.2) is 0 Å². The van der Waals surface area contributed by atoms with Crippen molar-refractivity contribution < 1.29 is 0 Å². The van der Waals surface area contributed by atoms with Crippen LogP contribution in [0.1, 0.15) is 30.7 Å². The van der Waals surface area contributed by atoms with E-state index in [9.17, 15) is 0 Å². The van der Waals surface area contributed by atoms with Gasteiger partial charge in [-0.2, -0.15) is 0 Å². The lowest BCUT2D eigenvalue weighted by molar-refractivity contribution is -0.0514. The molecule has 0 amide bonds. The summed E-state index contributed by atoms with van der Waals surface area (Å²) in [7, 11) is 0. The molecule has 1 heterocycles. The monoisotopic (exact) mass is 294 g/mol. The number of rotatable bonds is 6. The second kappa shape index (κ2) is 6.53. The minimum absolute atomic E-state index is 0.558. The molecule has 1 aliphatic heterocycles. The van der Waals surface area contributed by atoms with Crippen molar-refractivity contribution in [1.82, 2.24) is 4.90 Å². The minimum Gasteiger partial charge on any atom is -0.370 e. The number of hydrogen-bond acceptors (Lipinski definition) is 2. The summed E-state index contributed by atoms with van der Waals surface area (Å²) in [6.45, 7) is 6.91. The van der Waals surface area contributed by atoms with Gasteiger partial charge in [-0.15, -0.1) is 0 Å². The Labute approximate surface area is 134 Å². The highest BCUT2D eigenvalue weighted by Gasteiger charge is 2.52. The van der Waals surface area contributed by atoms with Gasteiger partial charge in [0.1, 0.15) is 0 Å². The highest BCUT2D eigenvalue weighted by atomic mass is 15.2. The Kier molecular flexibility index (Phi) is 4.49. The zero-order chi connectivity index (χ0) is 15.4. The SMILES string of the molecule is C=C/C=C(\C=C/CCN)N1CC2(CC(c3ccccc3)C2)C1. The molecule has 2 nitrogen and oxygen atoms in total. The molecule has 22 heavy (non-hydrogen) atoms. The van der Waals surface area contributed by atoms with E-state index < -0.39 is 0 Å². The van der Waals surface area contributed by atoms with Gasteiger partial charge in [0.05, 0.1) is 0 Å². The van der Waals surface area contributed by atoms with E-state index in [1.807, 2.05) is 6.08 Å². The lowest BCUT2D eigenvalue weighted by Crippen LogP contribution is -2.60. The molecule has 1 aliphatic carbocycles. The van der Waals surface area contributed by atoms with Gasteiger partial charge in [0.25, 0.3) is 0 Å². The molecule has 3 rings (SSSR count). The molecular formula is C20H26N2. The first-order valence-corrected chi connectivity index (χ1v) is 8.25. The van der Waals surface area contributed by atoms with Gasteiger partial charge < -0.3 is 10.6 Å². The summed E-state index contributed by atoms with van der Waals surface area (Å²) in [6.07, 6.45) is 11.9. The van der Waals surface area contributed by atoms with Crippen molar-refractivity contribution in [3.63, 3.8) is 0 Å². The molecule has 2 heteroatoms. The number of benzene rings is 1. The molecule has 1 saturated heterocycles. The lowest BCUT2D eigenvalue weighted by atomic mass is 9.56. The highest BCUT2D eigenvalue weighted by molar-refractivity contribution is 5.30. The molecule has 2 N–H and O–H groups in total. The van der Waals surface area contributed by atoms with Gasteiger partial charge in [0.15, 0.2) is 0 Å². The normalized spacial score (nSPS) is 21.0. The van der Waals surface area contributed by atoms with Crippen LogP contribution in [-0.2, 0) is 0 Å². The quantitative estimate of drug-likeness (QED) is 0.808. The Hall–Kier alpha value is -1.80. The first-order chi connectivity index (χ1) is 10.8. The van der Waals surface area contributed by atoms with E-state index in [4.69, 9.17) is 5.73 Å². The first-order valence-electron chi connectivity index (χ1n) is 8.25. The van der Waals surface area contributed by atoms with E-state index in [0.717, 1.165) is 12.3 Å². The largest absolute Gasteiger partial charge is 0.370 e. The molecule has 0 aromatic heterocycles. The molecule has 2 aliphatic rings. The van der Waals surface area contributed by atoms with Crippen molar-refractivity contribution >= 4 is 0 Å². The second-order valence-corrected chi connectivity index (χ2v) is 6.68. The molecule has 2 fully saturated rings. The fourth-order valence-electron chi connectivity index (χ4n) is 3.84. The smallest absolute Gasteiger partial charge is 0.0363 e. The van der Waals surface area contributed by atoms with Crippen LogP contribution in [0, 0.1) is 5.41 Å². The van der Waals surface area contributed by atoms with Gasteiger partial charge in [0.2, 0.25) is 0 Å². The average Bonchev–Trinajstić information content (AvgIpc) is 2.45. The van der Waals surface area contributed by atoms with E-state index in [1.54, 1.807) is 0 Å². The molecule has 1 aromatic carbocycles. The number of likely N-dealkylation sites (tertiary alicyclic amines) is 1. The van der Waals surface area contributed by atoms with Crippen molar-refractivity contribution in [1.29, 1.82) is 0 Å². The van der Waals surface area contributed by atoms with Crippen LogP contribution in [0.3, 0.4) is 0 Å². The molecule has 0 unspecified atom stereocenters. The third kappa shape index (κ3) is 3.02. The van der Waals surface area contributed by atoms with Crippen LogP contribution >= 0.6 is 0 Å². The highest BCUT2D eigenvalue weighted by Crippen LogP contribution is 2.56. The molecule has 116 valence electrons. The summed E-state index contributed by atoms with van der Waals surface area (Å²) >= 11 is 0. The Balaban J connectivity index is 1.54. The number of nitrogens with zero attached hydrogens (tertiary/aromatic N) is 1. The van der Waals surface area contributed by atoms with Gasteiger partial charge in [-0.1, -0.05) is 49.1 Å². The Morgan fingerprint density at radius 2 is 2.00 bits per heavy atom. The lowest BCUT2D eigenvalue weighted by Gasteiger charge is -2.60. The fraction of sp³-hybridized carbons (Fsp3) is 0.400. The molecule has 0 radical (unpaired) electrons. The number of hydrogen-bond donors (Lipinski definition) is 1. The zero-order valence-corrected chi connectivity index (χ0v) is 13.2. The van der Waals surface area contributed by atoms with E-state index in [1.165, 1.54) is 37.2 Å². The van der Waals surface area contributed by atoms with Crippen LogP contribution in [0.5, 0.6) is 0 Å². The number of nitrogens with two attached hydrogens (primary N) is 1. The van der Waals surface area contributed by atoms with E-state index in [0.29, 0.717) is 12.0 Å². The van der Waals surface area contributed by atoms with Crippen molar-refractivity contribution in [3.8, 4) is 0 Å². The van der Waals surface area contributed by atoms with Crippen LogP contribution < -0.4 is 5.73 Å². The zero-order valence-electron chi connectivity index (χ0n) is 13.2. The summed E-state index contributed by atoms with van der Waals surface area (Å²) in [6, 6.07) is 10.9. The standard InChI is InChI=1S/C20H26N2/c1-2-8-19(11-6-7-12-21)22-15-20(16-22)13-18(14-20)17-9-4-3-5-10-17/h2-6,8-11,18H,1,7,12-16,21H2/b11-6-,19-8+. The maximum Gasteiger partial charge on any atom is 0.0363 e. The summed E-state index contributed by atoms with van der Waals surface area (Å²) in [5.41, 5.74) is 8.89. The molecule has 1 aromatic rings. The summed E-state index contributed by atoms with van der Waals surface area (Å²) in [5, 5.41) is 0.